The molecule has 50 heavy (non-hydrogen) atoms. The van der Waals surface area contributed by atoms with Gasteiger partial charge < -0.3 is 25.4 Å². The first-order chi connectivity index (χ1) is 24.2. The number of nitrogens with zero attached hydrogens (tertiary/aromatic N) is 1. The van der Waals surface area contributed by atoms with Gasteiger partial charge in [-0.2, -0.15) is 0 Å². The minimum atomic E-state index is -1.01. The van der Waals surface area contributed by atoms with Crippen LogP contribution in [0.15, 0.2) is 48.5 Å². The van der Waals surface area contributed by atoms with Crippen molar-refractivity contribution in [3.63, 3.8) is 0 Å². The van der Waals surface area contributed by atoms with Crippen LogP contribution in [0.1, 0.15) is 107 Å². The number of halogens is 2. The zero-order chi connectivity index (χ0) is 35.1. The molecule has 3 N–H and O–H groups in total. The summed E-state index contributed by atoms with van der Waals surface area (Å²) in [5.74, 6) is -0.194. The number of aliphatic hydroxyl groups excluding tert-OH is 1. The Morgan fingerprint density at radius 1 is 0.920 bits per heavy atom. The van der Waals surface area contributed by atoms with E-state index in [-0.39, 0.29) is 41.8 Å². The SMILES string of the molecule is O=C1NC2(CCCC2)C[C@@H]1C[C@@H](CO)NC(=O)[C@H](CC1CCCCC1)OC(=O)N(Cc1cccc(Cl)c1)C1CCCC1Cc1cccc(Cl)c1. The van der Waals surface area contributed by atoms with Crippen molar-refractivity contribution in [1.29, 1.82) is 0 Å². The second-order valence-corrected chi connectivity index (χ2v) is 16.3. The Balaban J connectivity index is 1.19. The third-order valence-corrected chi connectivity index (χ3v) is 12.3. The second kappa shape index (κ2) is 17.1. The Kier molecular flexibility index (Phi) is 12.7. The van der Waals surface area contributed by atoms with E-state index in [2.05, 4.69) is 16.7 Å². The van der Waals surface area contributed by atoms with Crippen molar-refractivity contribution in [1.82, 2.24) is 15.5 Å². The molecule has 10 heteroatoms. The van der Waals surface area contributed by atoms with Crippen LogP contribution in [0.5, 0.6) is 0 Å². The number of benzene rings is 2. The average Bonchev–Trinajstić information content (AvgIpc) is 3.83. The first kappa shape index (κ1) is 37.0. The van der Waals surface area contributed by atoms with Crippen LogP contribution in [-0.4, -0.2) is 58.2 Å². The molecule has 8 nitrogen and oxygen atoms in total. The third kappa shape index (κ3) is 9.54. The normalized spacial score (nSPS) is 24.5. The molecule has 4 fully saturated rings. The zero-order valence-electron chi connectivity index (χ0n) is 29.1. The average molecular weight is 727 g/mol. The van der Waals surface area contributed by atoms with Crippen molar-refractivity contribution in [2.45, 2.75) is 133 Å². The number of nitrogens with one attached hydrogen (secondary N) is 2. The van der Waals surface area contributed by atoms with E-state index in [0.717, 1.165) is 94.6 Å². The number of hydrogen-bond acceptors (Lipinski definition) is 5. The molecule has 3 saturated carbocycles. The van der Waals surface area contributed by atoms with Gasteiger partial charge in [0.25, 0.3) is 5.91 Å². The van der Waals surface area contributed by atoms with Gasteiger partial charge in [0.15, 0.2) is 6.10 Å². The first-order valence-electron chi connectivity index (χ1n) is 18.9. The lowest BCUT2D eigenvalue weighted by atomic mass is 9.85. The van der Waals surface area contributed by atoms with E-state index in [1.165, 1.54) is 6.42 Å². The summed E-state index contributed by atoms with van der Waals surface area (Å²) >= 11 is 12.7. The van der Waals surface area contributed by atoms with Gasteiger partial charge in [-0.1, -0.05) is 98.8 Å². The molecule has 0 aromatic heterocycles. The molecule has 0 radical (unpaired) electrons. The summed E-state index contributed by atoms with van der Waals surface area (Å²) in [7, 11) is 0. The van der Waals surface area contributed by atoms with Gasteiger partial charge in [0.05, 0.1) is 12.6 Å². The lowest BCUT2D eigenvalue weighted by molar-refractivity contribution is -0.133. The molecule has 6 rings (SSSR count). The van der Waals surface area contributed by atoms with E-state index in [0.29, 0.717) is 29.4 Å². The molecule has 1 aliphatic heterocycles. The van der Waals surface area contributed by atoms with Crippen molar-refractivity contribution in [3.8, 4) is 0 Å². The van der Waals surface area contributed by atoms with Gasteiger partial charge in [-0.05, 0) is 98.6 Å². The molecule has 5 atom stereocenters. The summed E-state index contributed by atoms with van der Waals surface area (Å²) in [5, 5.41) is 17.9. The van der Waals surface area contributed by atoms with Crippen LogP contribution in [0.3, 0.4) is 0 Å². The zero-order valence-corrected chi connectivity index (χ0v) is 30.6. The van der Waals surface area contributed by atoms with Crippen LogP contribution in [0.2, 0.25) is 10.0 Å². The largest absolute Gasteiger partial charge is 0.436 e. The van der Waals surface area contributed by atoms with Crippen LogP contribution < -0.4 is 10.6 Å². The Morgan fingerprint density at radius 2 is 1.62 bits per heavy atom. The molecule has 3 amide bonds. The Hall–Kier alpha value is -2.81. The number of rotatable bonds is 13. The van der Waals surface area contributed by atoms with Crippen LogP contribution in [0.25, 0.3) is 0 Å². The quantitative estimate of drug-likeness (QED) is 0.194. The third-order valence-electron chi connectivity index (χ3n) is 11.8. The van der Waals surface area contributed by atoms with Gasteiger partial charge in [0.2, 0.25) is 5.91 Å². The lowest BCUT2D eigenvalue weighted by Gasteiger charge is -2.35. The fourth-order valence-corrected chi connectivity index (χ4v) is 9.70. The van der Waals surface area contributed by atoms with Crippen LogP contribution in [0, 0.1) is 17.8 Å². The summed E-state index contributed by atoms with van der Waals surface area (Å²) in [6.45, 7) is 0.0203. The summed E-state index contributed by atoms with van der Waals surface area (Å²) < 4.78 is 6.28. The predicted octanol–water partition coefficient (Wildman–Crippen LogP) is 8.00. The van der Waals surface area contributed by atoms with E-state index in [1.54, 1.807) is 0 Å². The molecule has 2 aromatic rings. The lowest BCUT2D eigenvalue weighted by Crippen LogP contribution is -2.49. The molecular weight excluding hydrogens is 673 g/mol. The molecule has 1 heterocycles. The number of ether oxygens (including phenoxy) is 1. The van der Waals surface area contributed by atoms with Gasteiger partial charge in [-0.15, -0.1) is 0 Å². The highest BCUT2D eigenvalue weighted by Crippen LogP contribution is 2.41. The molecule has 0 bridgehead atoms. The molecule has 2 aromatic carbocycles. The van der Waals surface area contributed by atoms with E-state index >= 15 is 0 Å². The van der Waals surface area contributed by atoms with Gasteiger partial charge in [0.1, 0.15) is 0 Å². The molecular formula is C40H53Cl2N3O5. The summed E-state index contributed by atoms with van der Waals surface area (Å²) in [4.78, 5) is 43.2. The standard InChI is InChI=1S/C40H53Cl2N3O5/c41-32-14-6-11-28(20-32)19-30-13-8-16-35(30)45(25-29-12-7-15-33(42)21-29)39(49)50-36(22-27-9-2-1-3-10-27)38(48)43-34(26-46)23-31-24-40(44-37(31)47)17-4-5-18-40/h6-7,11-12,14-15,20-21,27,30-31,34-36,46H,1-5,8-10,13,16-19,22-26H2,(H,43,48)(H,44,47)/t30?,31-,34-,35?,36-/m0/s1. The number of carbonyl (C=O) groups excluding carboxylic acids is 3. The smallest absolute Gasteiger partial charge is 0.411 e. The Bertz CT molecular complexity index is 1480. The van der Waals surface area contributed by atoms with E-state index in [9.17, 15) is 19.5 Å². The molecule has 2 unspecified atom stereocenters. The Morgan fingerprint density at radius 3 is 2.32 bits per heavy atom. The highest BCUT2D eigenvalue weighted by molar-refractivity contribution is 6.30. The van der Waals surface area contributed by atoms with E-state index < -0.39 is 24.1 Å². The first-order valence-corrected chi connectivity index (χ1v) is 19.7. The monoisotopic (exact) mass is 725 g/mol. The maximum atomic E-state index is 14.4. The topological polar surface area (TPSA) is 108 Å². The second-order valence-electron chi connectivity index (χ2n) is 15.5. The summed E-state index contributed by atoms with van der Waals surface area (Å²) in [6, 6.07) is 14.7. The minimum absolute atomic E-state index is 0.00494. The molecule has 1 saturated heterocycles. The van der Waals surface area contributed by atoms with Crippen molar-refractivity contribution < 1.29 is 24.2 Å². The summed E-state index contributed by atoms with van der Waals surface area (Å²) in [6.07, 6.45) is 13.1. The fraction of sp³-hybridized carbons (Fsp3) is 0.625. The number of amides is 3. The highest BCUT2D eigenvalue weighted by Gasteiger charge is 2.46. The number of hydrogen-bond donors (Lipinski definition) is 3. The number of aliphatic hydroxyl groups is 1. The highest BCUT2D eigenvalue weighted by atomic mass is 35.5. The van der Waals surface area contributed by atoms with Crippen molar-refractivity contribution >= 4 is 41.1 Å². The van der Waals surface area contributed by atoms with Gasteiger partial charge in [-0.3, -0.25) is 9.59 Å². The minimum Gasteiger partial charge on any atom is -0.436 e. The Labute approximate surface area is 307 Å². The molecule has 1 spiro atoms. The molecule has 3 aliphatic carbocycles. The van der Waals surface area contributed by atoms with Crippen molar-refractivity contribution in [2.75, 3.05) is 6.61 Å². The number of carbonyl (C=O) groups is 3. The van der Waals surface area contributed by atoms with Gasteiger partial charge in [0, 0.05) is 34.1 Å². The fourth-order valence-electron chi connectivity index (χ4n) is 9.27. The van der Waals surface area contributed by atoms with Crippen LogP contribution in [-0.2, 0) is 27.3 Å². The maximum absolute atomic E-state index is 14.4. The van der Waals surface area contributed by atoms with Crippen LogP contribution in [0.4, 0.5) is 4.79 Å². The van der Waals surface area contributed by atoms with Crippen LogP contribution >= 0.6 is 23.2 Å². The molecule has 272 valence electrons. The molecule has 4 aliphatic rings. The van der Waals surface area contributed by atoms with Gasteiger partial charge >= 0.3 is 6.09 Å². The summed E-state index contributed by atoms with van der Waals surface area (Å²) in [5.41, 5.74) is 1.89. The maximum Gasteiger partial charge on any atom is 0.411 e. The van der Waals surface area contributed by atoms with E-state index in [1.807, 2.05) is 47.4 Å². The van der Waals surface area contributed by atoms with Gasteiger partial charge in [-0.25, -0.2) is 4.79 Å². The van der Waals surface area contributed by atoms with E-state index in [4.69, 9.17) is 27.9 Å². The predicted molar refractivity (Wildman–Crippen MR) is 196 cm³/mol. The van der Waals surface area contributed by atoms with Crippen molar-refractivity contribution in [3.05, 3.63) is 69.7 Å². The van der Waals surface area contributed by atoms with Crippen molar-refractivity contribution in [2.24, 2.45) is 17.8 Å².